The fourth-order valence-electron chi connectivity index (χ4n) is 3.92. The Morgan fingerprint density at radius 2 is 2.17 bits per heavy atom. The Labute approximate surface area is 179 Å². The third-order valence-electron chi connectivity index (χ3n) is 5.39. The Hall–Kier alpha value is -1.92. The van der Waals surface area contributed by atoms with Crippen molar-refractivity contribution in [3.8, 4) is 0 Å². The van der Waals surface area contributed by atoms with Crippen LogP contribution < -0.4 is 10.5 Å². The zero-order valence-electron chi connectivity index (χ0n) is 17.1. The van der Waals surface area contributed by atoms with Gasteiger partial charge in [-0.3, -0.25) is 4.98 Å². The first-order valence-corrected chi connectivity index (χ1v) is 12.1. The standard InChI is InChI=1S/C19H25N5O4S2/c1-19(2,26)14-9-21-18(29-14)30(20,27)24-17(25)23-15-10-5-4-6-12(10)22-16-11(15)7-8-13(16)28-3/h9,13,26H,4-8H2,1-3H3,(H3,20,22,23,24,25,27). The van der Waals surface area contributed by atoms with Crippen molar-refractivity contribution in [1.82, 2.24) is 9.97 Å². The molecule has 0 spiro atoms. The number of rotatable bonds is 4. The molecule has 0 saturated heterocycles. The Balaban J connectivity index is 1.66. The van der Waals surface area contributed by atoms with Gasteiger partial charge >= 0.3 is 6.03 Å². The maximum absolute atomic E-state index is 12.9. The summed E-state index contributed by atoms with van der Waals surface area (Å²) in [7, 11) is -1.89. The molecule has 4 N–H and O–H groups in total. The predicted octanol–water partition coefficient (Wildman–Crippen LogP) is 2.82. The van der Waals surface area contributed by atoms with Gasteiger partial charge in [-0.15, -0.1) is 15.7 Å². The number of nitrogens with one attached hydrogen (secondary N) is 1. The molecule has 0 bridgehead atoms. The molecule has 2 amide bonds. The molecule has 30 heavy (non-hydrogen) atoms. The van der Waals surface area contributed by atoms with Crippen molar-refractivity contribution in [1.29, 1.82) is 0 Å². The average Bonchev–Trinajstić information content (AvgIpc) is 3.39. The number of thiazole rings is 1. The van der Waals surface area contributed by atoms with Crippen LogP contribution >= 0.6 is 11.3 Å². The highest BCUT2D eigenvalue weighted by molar-refractivity contribution is 7.93. The van der Waals surface area contributed by atoms with Crippen LogP contribution in [0.4, 0.5) is 10.5 Å². The number of ether oxygens (including phenoxy) is 1. The van der Waals surface area contributed by atoms with Gasteiger partial charge in [0.25, 0.3) is 0 Å². The Bertz CT molecular complexity index is 1130. The first-order chi connectivity index (χ1) is 14.1. The Kier molecular flexibility index (Phi) is 5.43. The highest BCUT2D eigenvalue weighted by Gasteiger charge is 2.32. The lowest BCUT2D eigenvalue weighted by molar-refractivity contribution is 0.0823. The molecule has 2 aromatic heterocycles. The SMILES string of the molecule is COC1CCc2c1nc1c(c2NC(=O)N=S(N)(=O)c2ncc(C(C)(C)O)s2)CCC1. The van der Waals surface area contributed by atoms with Gasteiger partial charge in [-0.05, 0) is 51.5 Å². The van der Waals surface area contributed by atoms with Crippen molar-refractivity contribution in [2.24, 2.45) is 9.50 Å². The summed E-state index contributed by atoms with van der Waals surface area (Å²) in [6.45, 7) is 3.18. The van der Waals surface area contributed by atoms with E-state index in [1.54, 1.807) is 21.0 Å². The number of fused-ring (bicyclic) bond motifs is 2. The third-order valence-corrected chi connectivity index (χ3v) is 8.51. The molecule has 0 saturated carbocycles. The number of hydrogen-bond acceptors (Lipinski definition) is 7. The van der Waals surface area contributed by atoms with Gasteiger partial charge in [-0.25, -0.2) is 19.1 Å². The molecule has 162 valence electrons. The Morgan fingerprint density at radius 1 is 1.40 bits per heavy atom. The van der Waals surface area contributed by atoms with Crippen LogP contribution in [-0.2, 0) is 39.5 Å². The van der Waals surface area contributed by atoms with Gasteiger partial charge in [0.1, 0.15) is 0 Å². The van der Waals surface area contributed by atoms with Crippen LogP contribution in [-0.4, -0.2) is 32.4 Å². The second kappa shape index (κ2) is 7.65. The highest BCUT2D eigenvalue weighted by Crippen LogP contribution is 2.41. The van der Waals surface area contributed by atoms with E-state index in [1.165, 1.54) is 6.20 Å². The third kappa shape index (κ3) is 3.87. The molecule has 9 nitrogen and oxygen atoms in total. The summed E-state index contributed by atoms with van der Waals surface area (Å²) >= 11 is 0.977. The zero-order valence-corrected chi connectivity index (χ0v) is 18.7. The molecule has 4 rings (SSSR count). The molecule has 0 aromatic carbocycles. The van der Waals surface area contributed by atoms with E-state index in [0.29, 0.717) is 10.6 Å². The van der Waals surface area contributed by atoms with Gasteiger partial charge < -0.3 is 15.2 Å². The number of nitrogens with zero attached hydrogens (tertiary/aromatic N) is 3. The molecule has 0 fully saturated rings. The number of nitrogens with two attached hydrogens (primary N) is 1. The van der Waals surface area contributed by atoms with Crippen molar-refractivity contribution in [3.63, 3.8) is 0 Å². The van der Waals surface area contributed by atoms with Crippen molar-refractivity contribution < 1.29 is 18.8 Å². The molecule has 0 radical (unpaired) electrons. The highest BCUT2D eigenvalue weighted by atomic mass is 32.2. The number of methoxy groups -OCH3 is 1. The minimum atomic E-state index is -3.54. The lowest BCUT2D eigenvalue weighted by Gasteiger charge is -2.15. The van der Waals surface area contributed by atoms with E-state index in [0.717, 1.165) is 66.0 Å². The molecule has 2 aliphatic carbocycles. The number of hydrogen-bond donors (Lipinski definition) is 3. The van der Waals surface area contributed by atoms with Crippen LogP contribution in [0.5, 0.6) is 0 Å². The summed E-state index contributed by atoms with van der Waals surface area (Å²) in [5.74, 6) is 0. The van der Waals surface area contributed by atoms with Crippen LogP contribution in [0.15, 0.2) is 14.9 Å². The van der Waals surface area contributed by atoms with Gasteiger partial charge in [0.15, 0.2) is 9.92 Å². The number of aromatic nitrogens is 2. The number of urea groups is 1. The summed E-state index contributed by atoms with van der Waals surface area (Å²) in [6, 6.07) is -0.786. The molecular formula is C19H25N5O4S2. The minimum absolute atomic E-state index is 0.000548. The Morgan fingerprint density at radius 3 is 2.83 bits per heavy atom. The molecule has 11 heteroatoms. The van der Waals surface area contributed by atoms with Crippen molar-refractivity contribution >= 4 is 33.0 Å². The summed E-state index contributed by atoms with van der Waals surface area (Å²) in [5, 5.41) is 18.7. The zero-order chi connectivity index (χ0) is 21.7. The van der Waals surface area contributed by atoms with Gasteiger partial charge in [0.05, 0.1) is 28.0 Å². The fraction of sp³-hybridized carbons (Fsp3) is 0.526. The van der Waals surface area contributed by atoms with Crippen LogP contribution in [0.25, 0.3) is 0 Å². The molecule has 2 unspecified atom stereocenters. The second-order valence-electron chi connectivity index (χ2n) is 8.03. The maximum atomic E-state index is 12.9. The number of carbonyl (C=O) groups is 1. The molecular weight excluding hydrogens is 426 g/mol. The summed E-state index contributed by atoms with van der Waals surface area (Å²) in [5.41, 5.74) is 3.34. The van der Waals surface area contributed by atoms with Crippen LogP contribution in [0, 0.1) is 0 Å². The number of carbonyl (C=O) groups excluding carboxylic acids is 1. The minimum Gasteiger partial charge on any atom is -0.385 e. The lowest BCUT2D eigenvalue weighted by atomic mass is 10.1. The molecule has 2 heterocycles. The number of anilines is 1. The van der Waals surface area contributed by atoms with Crippen molar-refractivity contribution in [2.45, 2.75) is 62.0 Å². The molecule has 2 aliphatic rings. The normalized spacial score (nSPS) is 19.8. The maximum Gasteiger partial charge on any atom is 0.354 e. The topological polar surface area (TPSA) is 140 Å². The second-order valence-corrected chi connectivity index (χ2v) is 11.0. The van der Waals surface area contributed by atoms with Gasteiger partial charge in [0.2, 0.25) is 4.34 Å². The van der Waals surface area contributed by atoms with Gasteiger partial charge in [0, 0.05) is 24.6 Å². The lowest BCUT2D eigenvalue weighted by Crippen LogP contribution is -2.19. The number of aryl methyl sites for hydroxylation is 1. The quantitative estimate of drug-likeness (QED) is 0.653. The van der Waals surface area contributed by atoms with E-state index in [2.05, 4.69) is 14.7 Å². The first kappa shape index (κ1) is 21.3. The van der Waals surface area contributed by atoms with E-state index in [9.17, 15) is 14.1 Å². The van der Waals surface area contributed by atoms with Gasteiger partial charge in [-0.1, -0.05) is 0 Å². The van der Waals surface area contributed by atoms with E-state index < -0.39 is 21.5 Å². The van der Waals surface area contributed by atoms with Gasteiger partial charge in [-0.2, -0.15) is 0 Å². The van der Waals surface area contributed by atoms with Crippen LogP contribution in [0.3, 0.4) is 0 Å². The average molecular weight is 452 g/mol. The summed E-state index contributed by atoms with van der Waals surface area (Å²) < 4.78 is 22.1. The number of aliphatic hydroxyl groups is 1. The van der Waals surface area contributed by atoms with E-state index in [4.69, 9.17) is 14.9 Å². The number of pyridine rings is 1. The fourth-order valence-corrected chi connectivity index (χ4v) is 6.00. The number of amides is 2. The smallest absolute Gasteiger partial charge is 0.354 e. The first-order valence-electron chi connectivity index (χ1n) is 9.72. The van der Waals surface area contributed by atoms with Crippen molar-refractivity contribution in [2.75, 3.05) is 12.4 Å². The largest absolute Gasteiger partial charge is 0.385 e. The monoisotopic (exact) mass is 451 g/mol. The van der Waals surface area contributed by atoms with E-state index in [1.807, 2.05) is 0 Å². The summed E-state index contributed by atoms with van der Waals surface area (Å²) in [4.78, 5) is 22.0. The van der Waals surface area contributed by atoms with Crippen LogP contribution in [0.1, 0.15) is 60.2 Å². The van der Waals surface area contributed by atoms with E-state index in [-0.39, 0.29) is 10.4 Å². The molecule has 2 aromatic rings. The molecule has 0 aliphatic heterocycles. The van der Waals surface area contributed by atoms with E-state index >= 15 is 0 Å². The van der Waals surface area contributed by atoms with Crippen molar-refractivity contribution in [3.05, 3.63) is 33.6 Å². The predicted molar refractivity (Wildman–Crippen MR) is 114 cm³/mol. The molecule has 2 atom stereocenters. The summed E-state index contributed by atoms with van der Waals surface area (Å²) in [6.07, 6.45) is 5.49. The van der Waals surface area contributed by atoms with Crippen LogP contribution in [0.2, 0.25) is 0 Å².